The second-order valence-corrected chi connectivity index (χ2v) is 7.06. The molecule has 3 rings (SSSR count). The van der Waals surface area contributed by atoms with Crippen LogP contribution in [0.3, 0.4) is 0 Å². The van der Waals surface area contributed by atoms with Crippen LogP contribution in [0.2, 0.25) is 0 Å². The summed E-state index contributed by atoms with van der Waals surface area (Å²) in [6.07, 6.45) is 2.30. The van der Waals surface area contributed by atoms with Gasteiger partial charge in [0.2, 0.25) is 11.8 Å². The molecule has 0 bridgehead atoms. The summed E-state index contributed by atoms with van der Waals surface area (Å²) in [7, 11) is 1.60. The van der Waals surface area contributed by atoms with Crippen LogP contribution in [0.1, 0.15) is 28.8 Å². The molecule has 0 saturated heterocycles. The van der Waals surface area contributed by atoms with Crippen molar-refractivity contribution in [1.29, 1.82) is 0 Å². The van der Waals surface area contributed by atoms with Gasteiger partial charge in [0.1, 0.15) is 6.33 Å². The first-order chi connectivity index (χ1) is 11.5. The van der Waals surface area contributed by atoms with Crippen molar-refractivity contribution in [2.24, 2.45) is 0 Å². The Morgan fingerprint density at radius 1 is 1.42 bits per heavy atom. The van der Waals surface area contributed by atoms with Gasteiger partial charge in [-0.2, -0.15) is 0 Å². The minimum atomic E-state index is -0.271. The number of fused-ring (bicyclic) bond motifs is 1. The van der Waals surface area contributed by atoms with Gasteiger partial charge in [0.05, 0.1) is 24.5 Å². The normalized spacial score (nSPS) is 15.7. The van der Waals surface area contributed by atoms with E-state index in [-0.39, 0.29) is 11.9 Å². The number of methoxy groups -OCH3 is 1. The summed E-state index contributed by atoms with van der Waals surface area (Å²) in [5.74, 6) is 0.534. The Hall–Kier alpha value is -2.06. The Labute approximate surface area is 145 Å². The van der Waals surface area contributed by atoms with Gasteiger partial charge < -0.3 is 10.1 Å². The van der Waals surface area contributed by atoms with Crippen LogP contribution in [0.5, 0.6) is 5.88 Å². The molecule has 1 aliphatic rings. The molecule has 2 aromatic rings. The first-order valence-corrected chi connectivity index (χ1v) is 8.67. The lowest BCUT2D eigenvalue weighted by atomic mass is 10.0. The van der Waals surface area contributed by atoms with E-state index in [2.05, 4.69) is 25.2 Å². The van der Waals surface area contributed by atoms with Crippen molar-refractivity contribution in [3.8, 4) is 5.88 Å². The molecule has 7 nitrogen and oxygen atoms in total. The van der Waals surface area contributed by atoms with Gasteiger partial charge in [-0.25, -0.2) is 15.0 Å². The SMILES string of the molecule is COc1ncnc2c1CN(C(C)C(=O)Nc1nc(C)c(C)s1)CC2. The molecule has 0 spiro atoms. The van der Waals surface area contributed by atoms with Gasteiger partial charge in [-0.1, -0.05) is 0 Å². The summed E-state index contributed by atoms with van der Waals surface area (Å²) >= 11 is 1.50. The lowest BCUT2D eigenvalue weighted by molar-refractivity contribution is -0.121. The molecule has 1 unspecified atom stereocenters. The van der Waals surface area contributed by atoms with E-state index >= 15 is 0 Å². The number of thiazole rings is 1. The molecule has 2 aromatic heterocycles. The van der Waals surface area contributed by atoms with Crippen LogP contribution >= 0.6 is 11.3 Å². The predicted molar refractivity (Wildman–Crippen MR) is 92.4 cm³/mol. The van der Waals surface area contributed by atoms with Crippen LogP contribution in [0, 0.1) is 13.8 Å². The van der Waals surface area contributed by atoms with Crippen LogP contribution in [0.4, 0.5) is 5.13 Å². The third kappa shape index (κ3) is 3.25. The maximum atomic E-state index is 12.6. The largest absolute Gasteiger partial charge is 0.481 e. The summed E-state index contributed by atoms with van der Waals surface area (Å²) in [5, 5.41) is 3.57. The number of carbonyl (C=O) groups excluding carboxylic acids is 1. The number of anilines is 1. The highest BCUT2D eigenvalue weighted by Crippen LogP contribution is 2.26. The molecule has 1 amide bonds. The van der Waals surface area contributed by atoms with E-state index in [1.165, 1.54) is 17.7 Å². The van der Waals surface area contributed by atoms with E-state index in [1.807, 2.05) is 20.8 Å². The van der Waals surface area contributed by atoms with Crippen LogP contribution in [-0.2, 0) is 17.8 Å². The maximum absolute atomic E-state index is 12.6. The highest BCUT2D eigenvalue weighted by Gasteiger charge is 2.28. The number of hydrogen-bond acceptors (Lipinski definition) is 7. The molecule has 3 heterocycles. The van der Waals surface area contributed by atoms with Crippen molar-refractivity contribution in [3.05, 3.63) is 28.2 Å². The third-order valence-electron chi connectivity index (χ3n) is 4.37. The van der Waals surface area contributed by atoms with Gasteiger partial charge in [-0.3, -0.25) is 9.69 Å². The fourth-order valence-electron chi connectivity index (χ4n) is 2.74. The zero-order valence-electron chi connectivity index (χ0n) is 14.3. The molecular formula is C16H21N5O2S. The number of nitrogens with one attached hydrogen (secondary N) is 1. The second kappa shape index (κ2) is 6.82. The zero-order chi connectivity index (χ0) is 17.3. The van der Waals surface area contributed by atoms with Crippen molar-refractivity contribution >= 4 is 22.4 Å². The molecule has 0 saturated carbocycles. The van der Waals surface area contributed by atoms with Crippen molar-refractivity contribution < 1.29 is 9.53 Å². The standard InChI is InChI=1S/C16H21N5O2S/c1-9-11(3)24-16(19-9)20-14(22)10(2)21-6-5-13-12(7-21)15(23-4)18-8-17-13/h8,10H,5-7H2,1-4H3,(H,19,20,22). The molecule has 8 heteroatoms. The second-order valence-electron chi connectivity index (χ2n) is 5.85. The molecule has 0 radical (unpaired) electrons. The van der Waals surface area contributed by atoms with E-state index in [4.69, 9.17) is 4.74 Å². The van der Waals surface area contributed by atoms with Crippen LogP contribution in [0.25, 0.3) is 0 Å². The lowest BCUT2D eigenvalue weighted by Gasteiger charge is -2.32. The molecule has 0 fully saturated rings. The summed E-state index contributed by atoms with van der Waals surface area (Å²) in [6, 6.07) is -0.271. The van der Waals surface area contributed by atoms with Gasteiger partial charge in [-0.05, 0) is 20.8 Å². The highest BCUT2D eigenvalue weighted by molar-refractivity contribution is 7.15. The van der Waals surface area contributed by atoms with Gasteiger partial charge in [0, 0.05) is 30.0 Å². The van der Waals surface area contributed by atoms with Gasteiger partial charge in [-0.15, -0.1) is 11.3 Å². The molecule has 24 heavy (non-hydrogen) atoms. The third-order valence-corrected chi connectivity index (χ3v) is 5.36. The van der Waals surface area contributed by atoms with E-state index in [0.29, 0.717) is 17.6 Å². The zero-order valence-corrected chi connectivity index (χ0v) is 15.1. The Morgan fingerprint density at radius 2 is 2.21 bits per heavy atom. The van der Waals surface area contributed by atoms with Crippen molar-refractivity contribution in [1.82, 2.24) is 19.9 Å². The van der Waals surface area contributed by atoms with Gasteiger partial charge in [0.25, 0.3) is 0 Å². The fourth-order valence-corrected chi connectivity index (χ4v) is 3.56. The average Bonchev–Trinajstić information content (AvgIpc) is 2.90. The molecular weight excluding hydrogens is 326 g/mol. The molecule has 1 N–H and O–H groups in total. The topological polar surface area (TPSA) is 80.2 Å². The molecule has 128 valence electrons. The highest BCUT2D eigenvalue weighted by atomic mass is 32.1. The van der Waals surface area contributed by atoms with Gasteiger partial charge >= 0.3 is 0 Å². The summed E-state index contributed by atoms with van der Waals surface area (Å²) in [4.78, 5) is 28.6. The Morgan fingerprint density at radius 3 is 2.88 bits per heavy atom. The number of hydrogen-bond donors (Lipinski definition) is 1. The quantitative estimate of drug-likeness (QED) is 0.910. The summed E-state index contributed by atoms with van der Waals surface area (Å²) < 4.78 is 5.33. The van der Waals surface area contributed by atoms with E-state index in [0.717, 1.165) is 34.8 Å². The Balaban J connectivity index is 1.71. The van der Waals surface area contributed by atoms with E-state index in [1.54, 1.807) is 7.11 Å². The van der Waals surface area contributed by atoms with Crippen LogP contribution in [-0.4, -0.2) is 45.5 Å². The summed E-state index contributed by atoms with van der Waals surface area (Å²) in [5.41, 5.74) is 2.92. The monoisotopic (exact) mass is 347 g/mol. The van der Waals surface area contributed by atoms with Crippen LogP contribution in [0.15, 0.2) is 6.33 Å². The van der Waals surface area contributed by atoms with Crippen molar-refractivity contribution in [2.75, 3.05) is 19.0 Å². The number of aryl methyl sites for hydroxylation is 2. The van der Waals surface area contributed by atoms with Crippen molar-refractivity contribution in [2.45, 2.75) is 39.8 Å². The fraction of sp³-hybridized carbons (Fsp3) is 0.500. The Kier molecular flexibility index (Phi) is 4.77. The molecule has 1 atom stereocenters. The van der Waals surface area contributed by atoms with Crippen molar-refractivity contribution in [3.63, 3.8) is 0 Å². The van der Waals surface area contributed by atoms with Gasteiger partial charge in [0.15, 0.2) is 5.13 Å². The summed E-state index contributed by atoms with van der Waals surface area (Å²) in [6.45, 7) is 7.23. The first kappa shape index (κ1) is 16.8. The Bertz CT molecular complexity index is 727. The minimum absolute atomic E-state index is 0.0528. The molecule has 1 aliphatic heterocycles. The van der Waals surface area contributed by atoms with E-state index < -0.39 is 0 Å². The predicted octanol–water partition coefficient (Wildman–Crippen LogP) is 1.94. The number of amides is 1. The number of carbonyl (C=O) groups is 1. The number of nitrogens with zero attached hydrogens (tertiary/aromatic N) is 4. The molecule has 0 aromatic carbocycles. The van der Waals surface area contributed by atoms with Crippen LogP contribution < -0.4 is 10.1 Å². The number of aromatic nitrogens is 3. The number of rotatable bonds is 4. The number of ether oxygens (including phenoxy) is 1. The maximum Gasteiger partial charge on any atom is 0.243 e. The smallest absolute Gasteiger partial charge is 0.243 e. The van der Waals surface area contributed by atoms with E-state index in [9.17, 15) is 4.79 Å². The minimum Gasteiger partial charge on any atom is -0.481 e. The molecule has 0 aliphatic carbocycles. The lowest BCUT2D eigenvalue weighted by Crippen LogP contribution is -2.44. The average molecular weight is 347 g/mol. The first-order valence-electron chi connectivity index (χ1n) is 7.85.